The van der Waals surface area contributed by atoms with Crippen LogP contribution in [0, 0.1) is 11.3 Å². The zero-order valence-electron chi connectivity index (χ0n) is 9.96. The lowest BCUT2D eigenvalue weighted by atomic mass is 10.3. The Morgan fingerprint density at radius 2 is 2.67 bits per heavy atom. The number of aromatic nitrogens is 1. The fourth-order valence-corrected chi connectivity index (χ4v) is 2.44. The van der Waals surface area contributed by atoms with Crippen LogP contribution in [0.3, 0.4) is 0 Å². The lowest BCUT2D eigenvalue weighted by molar-refractivity contribution is 0.0520. The summed E-state index contributed by atoms with van der Waals surface area (Å²) in [5, 5.41) is 11.2. The highest BCUT2D eigenvalue weighted by atomic mass is 32.1. The fraction of sp³-hybridized carbons (Fsp3) is 0.545. The molecule has 1 saturated heterocycles. The number of carbonyl (C=O) groups is 1. The molecule has 2 rings (SSSR count). The number of hydrogen-bond donors (Lipinski definition) is 0. The van der Waals surface area contributed by atoms with Crippen LogP contribution in [-0.2, 0) is 9.47 Å². The van der Waals surface area contributed by atoms with Crippen LogP contribution in [0.2, 0.25) is 0 Å². The van der Waals surface area contributed by atoms with Crippen molar-refractivity contribution >= 4 is 22.4 Å². The number of morpholine rings is 1. The van der Waals surface area contributed by atoms with Crippen LogP contribution in [0.5, 0.6) is 0 Å². The minimum Gasteiger partial charge on any atom is -0.461 e. The minimum absolute atomic E-state index is 0.317. The van der Waals surface area contributed by atoms with Gasteiger partial charge in [0.2, 0.25) is 0 Å². The van der Waals surface area contributed by atoms with Crippen molar-refractivity contribution in [2.45, 2.75) is 13.0 Å². The Hall–Kier alpha value is -1.65. The first kappa shape index (κ1) is 12.8. The van der Waals surface area contributed by atoms with Gasteiger partial charge >= 0.3 is 5.97 Å². The van der Waals surface area contributed by atoms with E-state index in [1.165, 1.54) is 11.3 Å². The molecule has 0 saturated carbocycles. The first-order valence-electron chi connectivity index (χ1n) is 5.63. The molecule has 0 aliphatic carbocycles. The molecular formula is C11H13N3O3S. The van der Waals surface area contributed by atoms with Gasteiger partial charge in [-0.05, 0) is 6.92 Å². The van der Waals surface area contributed by atoms with Crippen LogP contribution >= 0.6 is 11.3 Å². The molecule has 18 heavy (non-hydrogen) atoms. The lowest BCUT2D eigenvalue weighted by Gasteiger charge is -2.29. The third kappa shape index (κ3) is 2.78. The molecule has 0 N–H and O–H groups in total. The van der Waals surface area contributed by atoms with E-state index in [1.54, 1.807) is 12.3 Å². The molecule has 0 bridgehead atoms. The van der Waals surface area contributed by atoms with Crippen molar-refractivity contribution in [3.05, 3.63) is 11.1 Å². The van der Waals surface area contributed by atoms with Gasteiger partial charge in [-0.3, -0.25) is 0 Å². The standard InChI is InChI=1S/C11H13N3O3S/c1-2-16-10(15)9-7-18-11(13-9)14-3-4-17-8(5-12)6-14/h7-8H,2-4,6H2,1H3. The Bertz CT molecular complexity index is 468. The highest BCUT2D eigenvalue weighted by molar-refractivity contribution is 7.13. The maximum absolute atomic E-state index is 11.5. The monoisotopic (exact) mass is 267 g/mol. The molecule has 1 atom stereocenters. The van der Waals surface area contributed by atoms with E-state index in [0.29, 0.717) is 32.0 Å². The number of anilines is 1. The molecule has 0 amide bonds. The van der Waals surface area contributed by atoms with Crippen molar-refractivity contribution in [1.29, 1.82) is 5.26 Å². The Morgan fingerprint density at radius 1 is 1.83 bits per heavy atom. The first-order valence-corrected chi connectivity index (χ1v) is 6.51. The van der Waals surface area contributed by atoms with Crippen LogP contribution in [0.1, 0.15) is 17.4 Å². The normalized spacial score (nSPS) is 19.3. The largest absolute Gasteiger partial charge is 0.461 e. The summed E-state index contributed by atoms with van der Waals surface area (Å²) in [5.74, 6) is -0.412. The van der Waals surface area contributed by atoms with Gasteiger partial charge in [0, 0.05) is 11.9 Å². The van der Waals surface area contributed by atoms with E-state index < -0.39 is 12.1 Å². The van der Waals surface area contributed by atoms with Gasteiger partial charge in [0.05, 0.1) is 25.8 Å². The van der Waals surface area contributed by atoms with E-state index in [0.717, 1.165) is 5.13 Å². The van der Waals surface area contributed by atoms with Gasteiger partial charge in [-0.25, -0.2) is 9.78 Å². The van der Waals surface area contributed by atoms with Crippen LogP contribution < -0.4 is 4.90 Å². The Morgan fingerprint density at radius 3 is 3.39 bits per heavy atom. The highest BCUT2D eigenvalue weighted by Gasteiger charge is 2.23. The van der Waals surface area contributed by atoms with Crippen molar-refractivity contribution in [1.82, 2.24) is 4.98 Å². The number of esters is 1. The second kappa shape index (κ2) is 5.80. The van der Waals surface area contributed by atoms with Crippen molar-refractivity contribution in [2.24, 2.45) is 0 Å². The smallest absolute Gasteiger partial charge is 0.357 e. The number of hydrogen-bond acceptors (Lipinski definition) is 7. The summed E-state index contributed by atoms with van der Waals surface area (Å²) in [6.07, 6.45) is -0.436. The molecular weight excluding hydrogens is 254 g/mol. The summed E-state index contributed by atoms with van der Waals surface area (Å²) < 4.78 is 10.1. The van der Waals surface area contributed by atoms with Gasteiger partial charge in [-0.1, -0.05) is 0 Å². The van der Waals surface area contributed by atoms with E-state index in [4.69, 9.17) is 14.7 Å². The van der Waals surface area contributed by atoms with Gasteiger partial charge < -0.3 is 14.4 Å². The molecule has 1 aliphatic heterocycles. The summed E-state index contributed by atoms with van der Waals surface area (Å²) in [6, 6.07) is 2.07. The highest BCUT2D eigenvalue weighted by Crippen LogP contribution is 2.23. The first-order chi connectivity index (χ1) is 8.74. The summed E-state index contributed by atoms with van der Waals surface area (Å²) in [7, 11) is 0. The second-order valence-electron chi connectivity index (χ2n) is 3.67. The van der Waals surface area contributed by atoms with Crippen molar-refractivity contribution in [3.8, 4) is 6.07 Å². The van der Waals surface area contributed by atoms with E-state index in [-0.39, 0.29) is 0 Å². The van der Waals surface area contributed by atoms with Crippen LogP contribution in [0.15, 0.2) is 5.38 Å². The zero-order valence-corrected chi connectivity index (χ0v) is 10.8. The molecule has 6 nitrogen and oxygen atoms in total. The Labute approximate surface area is 109 Å². The molecule has 7 heteroatoms. The Balaban J connectivity index is 2.05. The summed E-state index contributed by atoms with van der Waals surface area (Å²) in [6.45, 7) is 3.73. The molecule has 2 heterocycles. The molecule has 1 aliphatic rings. The number of ether oxygens (including phenoxy) is 2. The molecule has 1 fully saturated rings. The lowest BCUT2D eigenvalue weighted by Crippen LogP contribution is -2.41. The van der Waals surface area contributed by atoms with Crippen LogP contribution in [0.4, 0.5) is 5.13 Å². The summed E-state index contributed by atoms with van der Waals surface area (Å²) >= 11 is 1.37. The van der Waals surface area contributed by atoms with Crippen molar-refractivity contribution in [3.63, 3.8) is 0 Å². The number of carbonyl (C=O) groups excluding carboxylic acids is 1. The van der Waals surface area contributed by atoms with E-state index in [1.807, 2.05) is 4.90 Å². The van der Waals surface area contributed by atoms with Crippen LogP contribution in [0.25, 0.3) is 0 Å². The summed E-state index contributed by atoms with van der Waals surface area (Å²) in [4.78, 5) is 17.7. The number of nitriles is 1. The predicted octanol–water partition coefficient (Wildman–Crippen LogP) is 1.05. The maximum atomic E-state index is 11.5. The predicted molar refractivity (Wildman–Crippen MR) is 65.6 cm³/mol. The van der Waals surface area contributed by atoms with Crippen molar-refractivity contribution < 1.29 is 14.3 Å². The fourth-order valence-electron chi connectivity index (χ4n) is 1.61. The zero-order chi connectivity index (χ0) is 13.0. The van der Waals surface area contributed by atoms with E-state index >= 15 is 0 Å². The molecule has 1 unspecified atom stereocenters. The van der Waals surface area contributed by atoms with Crippen molar-refractivity contribution in [2.75, 3.05) is 31.2 Å². The second-order valence-corrected chi connectivity index (χ2v) is 4.51. The molecule has 0 aromatic carbocycles. The average molecular weight is 267 g/mol. The van der Waals surface area contributed by atoms with Gasteiger partial charge in [-0.15, -0.1) is 11.3 Å². The average Bonchev–Trinajstić information content (AvgIpc) is 2.89. The van der Waals surface area contributed by atoms with E-state index in [2.05, 4.69) is 11.1 Å². The SMILES string of the molecule is CCOC(=O)c1csc(N2CCOC(C#N)C2)n1. The Kier molecular flexibility index (Phi) is 4.12. The van der Waals surface area contributed by atoms with E-state index in [9.17, 15) is 4.79 Å². The quantitative estimate of drug-likeness (QED) is 0.762. The molecule has 0 radical (unpaired) electrons. The third-order valence-electron chi connectivity index (χ3n) is 2.46. The summed E-state index contributed by atoms with van der Waals surface area (Å²) in [5.41, 5.74) is 0.317. The minimum atomic E-state index is -0.436. The van der Waals surface area contributed by atoms with Gasteiger partial charge in [0.1, 0.15) is 0 Å². The number of thiazole rings is 1. The van der Waals surface area contributed by atoms with Gasteiger partial charge in [0.15, 0.2) is 16.9 Å². The molecule has 96 valence electrons. The third-order valence-corrected chi connectivity index (χ3v) is 3.36. The maximum Gasteiger partial charge on any atom is 0.357 e. The molecule has 1 aromatic heterocycles. The number of rotatable bonds is 3. The number of nitrogens with zero attached hydrogens (tertiary/aromatic N) is 3. The molecule has 1 aromatic rings. The topological polar surface area (TPSA) is 75.4 Å². The molecule has 0 spiro atoms. The van der Waals surface area contributed by atoms with Gasteiger partial charge in [0.25, 0.3) is 0 Å². The van der Waals surface area contributed by atoms with Crippen LogP contribution in [-0.4, -0.2) is 43.4 Å². The van der Waals surface area contributed by atoms with Gasteiger partial charge in [-0.2, -0.15) is 5.26 Å².